The van der Waals surface area contributed by atoms with Crippen LogP contribution in [0.3, 0.4) is 0 Å². The summed E-state index contributed by atoms with van der Waals surface area (Å²) < 4.78 is 39.3. The summed E-state index contributed by atoms with van der Waals surface area (Å²) in [5.74, 6) is 0. The predicted octanol–water partition coefficient (Wildman–Crippen LogP) is 3.25. The number of alkyl halides is 3. The van der Waals surface area contributed by atoms with E-state index in [0.29, 0.717) is 5.39 Å². The fourth-order valence-corrected chi connectivity index (χ4v) is 1.77. The Kier molecular flexibility index (Phi) is 2.15. The Balaban J connectivity index is 2.90. The van der Waals surface area contributed by atoms with Crippen LogP contribution in [0.5, 0.6) is 0 Å². The normalized spacial score (nSPS) is 12.3. The lowest BCUT2D eigenvalue weighted by molar-refractivity contribution is -0.136. The van der Waals surface area contributed by atoms with Gasteiger partial charge in [-0.25, -0.2) is 0 Å². The van der Waals surface area contributed by atoms with E-state index in [0.717, 1.165) is 0 Å². The number of benzene rings is 1. The molecule has 2 rings (SSSR count). The van der Waals surface area contributed by atoms with Gasteiger partial charge < -0.3 is 0 Å². The van der Waals surface area contributed by atoms with Crippen molar-refractivity contribution in [2.75, 3.05) is 0 Å². The monoisotopic (exact) mass is 234 g/mol. The molecule has 2 nitrogen and oxygen atoms in total. The van der Waals surface area contributed by atoms with E-state index >= 15 is 0 Å². The first-order chi connectivity index (χ1) is 6.91. The van der Waals surface area contributed by atoms with E-state index in [1.807, 2.05) is 0 Å². The highest BCUT2D eigenvalue weighted by molar-refractivity contribution is 6.32. The average Bonchev–Trinajstić information content (AvgIpc) is 2.46. The van der Waals surface area contributed by atoms with Gasteiger partial charge in [-0.15, -0.1) is 0 Å². The highest BCUT2D eigenvalue weighted by Crippen LogP contribution is 2.39. The number of rotatable bonds is 0. The van der Waals surface area contributed by atoms with Crippen molar-refractivity contribution >= 4 is 22.5 Å². The molecule has 0 aliphatic heterocycles. The van der Waals surface area contributed by atoms with Gasteiger partial charge >= 0.3 is 6.18 Å². The zero-order valence-electron chi connectivity index (χ0n) is 7.64. The zero-order valence-corrected chi connectivity index (χ0v) is 8.39. The summed E-state index contributed by atoms with van der Waals surface area (Å²) >= 11 is 5.56. The van der Waals surface area contributed by atoms with Crippen molar-refractivity contribution in [1.82, 2.24) is 9.78 Å². The van der Waals surface area contributed by atoms with Crippen LogP contribution in [-0.2, 0) is 13.2 Å². The van der Waals surface area contributed by atoms with Crippen molar-refractivity contribution in [2.24, 2.45) is 7.05 Å². The summed E-state index contributed by atoms with van der Waals surface area (Å²) in [6, 6.07) is 2.74. The largest absolute Gasteiger partial charge is 0.419 e. The molecule has 0 unspecified atom stereocenters. The molecule has 1 aromatic carbocycles. The van der Waals surface area contributed by atoms with Gasteiger partial charge in [-0.1, -0.05) is 11.6 Å². The fraction of sp³-hybridized carbons (Fsp3) is 0.222. The zero-order chi connectivity index (χ0) is 11.2. The SMILES string of the molecule is Cn1ncc2ccc(Cl)c(C(F)(F)F)c21. The molecule has 0 bridgehead atoms. The third-order valence-corrected chi connectivity index (χ3v) is 2.45. The maximum absolute atomic E-state index is 12.7. The van der Waals surface area contributed by atoms with Crippen LogP contribution in [0, 0.1) is 0 Å². The van der Waals surface area contributed by atoms with Crippen LogP contribution in [0.1, 0.15) is 5.56 Å². The predicted molar refractivity (Wildman–Crippen MR) is 50.7 cm³/mol. The first-order valence-corrected chi connectivity index (χ1v) is 4.46. The summed E-state index contributed by atoms with van der Waals surface area (Å²) in [5, 5.41) is 3.89. The lowest BCUT2D eigenvalue weighted by Gasteiger charge is -2.10. The molecule has 1 aromatic heterocycles. The molecule has 6 heteroatoms. The quantitative estimate of drug-likeness (QED) is 0.684. The van der Waals surface area contributed by atoms with Gasteiger partial charge in [0.15, 0.2) is 0 Å². The minimum absolute atomic E-state index is 0.00926. The number of hydrogen-bond donors (Lipinski definition) is 0. The molecule has 15 heavy (non-hydrogen) atoms. The molecule has 0 saturated heterocycles. The Morgan fingerprint density at radius 2 is 2.00 bits per heavy atom. The Hall–Kier alpha value is -1.23. The Bertz CT molecular complexity index is 516. The second kappa shape index (κ2) is 3.13. The minimum Gasteiger partial charge on any atom is -0.267 e. The summed E-state index contributed by atoms with van der Waals surface area (Å²) in [5.41, 5.74) is -0.823. The molecule has 80 valence electrons. The van der Waals surface area contributed by atoms with Gasteiger partial charge in [0, 0.05) is 12.4 Å². The molecule has 0 radical (unpaired) electrons. The van der Waals surface area contributed by atoms with Crippen molar-refractivity contribution in [1.29, 1.82) is 0 Å². The second-order valence-corrected chi connectivity index (χ2v) is 3.53. The van der Waals surface area contributed by atoms with E-state index in [1.165, 1.54) is 30.1 Å². The third-order valence-electron chi connectivity index (χ3n) is 2.14. The molecule has 0 aliphatic carbocycles. The lowest BCUT2D eigenvalue weighted by Crippen LogP contribution is -2.09. The van der Waals surface area contributed by atoms with Gasteiger partial charge in [-0.2, -0.15) is 18.3 Å². The van der Waals surface area contributed by atoms with Gasteiger partial charge in [-0.3, -0.25) is 4.68 Å². The number of halogens is 4. The molecule has 0 saturated carbocycles. The van der Waals surface area contributed by atoms with Crippen LogP contribution in [0.4, 0.5) is 13.2 Å². The molecule has 2 aromatic rings. The van der Waals surface area contributed by atoms with E-state index in [9.17, 15) is 13.2 Å². The van der Waals surface area contributed by atoms with Crippen molar-refractivity contribution in [3.8, 4) is 0 Å². The number of aryl methyl sites for hydroxylation is 1. The molecule has 0 spiro atoms. The lowest BCUT2D eigenvalue weighted by atomic mass is 10.1. The van der Waals surface area contributed by atoms with Crippen LogP contribution in [0.15, 0.2) is 18.3 Å². The van der Waals surface area contributed by atoms with E-state index in [4.69, 9.17) is 11.6 Å². The third kappa shape index (κ3) is 1.56. The molecule has 0 amide bonds. The van der Waals surface area contributed by atoms with E-state index in [2.05, 4.69) is 5.10 Å². The highest BCUT2D eigenvalue weighted by atomic mass is 35.5. The first kappa shape index (κ1) is 10.3. The molecule has 1 heterocycles. The summed E-state index contributed by atoms with van der Waals surface area (Å²) in [7, 11) is 1.45. The summed E-state index contributed by atoms with van der Waals surface area (Å²) in [6.45, 7) is 0. The molecule has 0 atom stereocenters. The Morgan fingerprint density at radius 1 is 1.33 bits per heavy atom. The van der Waals surface area contributed by atoms with Crippen LogP contribution < -0.4 is 0 Å². The summed E-state index contributed by atoms with van der Waals surface area (Å²) in [4.78, 5) is 0. The Labute approximate surface area is 88.3 Å². The van der Waals surface area contributed by atoms with Crippen molar-refractivity contribution < 1.29 is 13.2 Å². The maximum Gasteiger partial charge on any atom is 0.419 e. The standard InChI is InChI=1S/C9H6ClF3N2/c1-15-8-5(4-14-15)2-3-6(10)7(8)9(11,12)13/h2-4H,1H3. The van der Waals surface area contributed by atoms with Crippen molar-refractivity contribution in [3.05, 3.63) is 28.9 Å². The van der Waals surface area contributed by atoms with Gasteiger partial charge in [-0.05, 0) is 12.1 Å². The van der Waals surface area contributed by atoms with Gasteiger partial charge in [0.25, 0.3) is 0 Å². The Morgan fingerprint density at radius 3 is 2.60 bits per heavy atom. The smallest absolute Gasteiger partial charge is 0.267 e. The number of aromatic nitrogens is 2. The number of hydrogen-bond acceptors (Lipinski definition) is 1. The first-order valence-electron chi connectivity index (χ1n) is 4.08. The maximum atomic E-state index is 12.7. The molecule has 0 aliphatic rings. The second-order valence-electron chi connectivity index (χ2n) is 3.13. The van der Waals surface area contributed by atoms with Gasteiger partial charge in [0.2, 0.25) is 0 Å². The molecular formula is C9H6ClF3N2. The van der Waals surface area contributed by atoms with Crippen LogP contribution >= 0.6 is 11.6 Å². The average molecular weight is 235 g/mol. The van der Waals surface area contributed by atoms with Gasteiger partial charge in [0.1, 0.15) is 5.56 Å². The van der Waals surface area contributed by atoms with Gasteiger partial charge in [0.05, 0.1) is 16.7 Å². The highest BCUT2D eigenvalue weighted by Gasteiger charge is 2.36. The van der Waals surface area contributed by atoms with E-state index in [1.54, 1.807) is 0 Å². The minimum atomic E-state index is -4.47. The summed E-state index contributed by atoms with van der Waals surface area (Å²) in [6.07, 6.45) is -3.09. The van der Waals surface area contributed by atoms with Crippen molar-refractivity contribution in [2.45, 2.75) is 6.18 Å². The van der Waals surface area contributed by atoms with Crippen molar-refractivity contribution in [3.63, 3.8) is 0 Å². The number of nitrogens with zero attached hydrogens (tertiary/aromatic N) is 2. The molecule has 0 fully saturated rings. The van der Waals surface area contributed by atoms with Crippen LogP contribution in [0.25, 0.3) is 10.9 Å². The van der Waals surface area contributed by atoms with Crippen LogP contribution in [-0.4, -0.2) is 9.78 Å². The fourth-order valence-electron chi connectivity index (χ4n) is 1.51. The molecular weight excluding hydrogens is 229 g/mol. The molecule has 0 N–H and O–H groups in total. The number of fused-ring (bicyclic) bond motifs is 1. The van der Waals surface area contributed by atoms with E-state index in [-0.39, 0.29) is 10.5 Å². The topological polar surface area (TPSA) is 17.8 Å². The van der Waals surface area contributed by atoms with E-state index < -0.39 is 11.7 Å². The van der Waals surface area contributed by atoms with Crippen LogP contribution in [0.2, 0.25) is 5.02 Å².